The van der Waals surface area contributed by atoms with E-state index in [0.717, 1.165) is 12.8 Å². The summed E-state index contributed by atoms with van der Waals surface area (Å²) in [6, 6.07) is 8.36. The predicted octanol–water partition coefficient (Wildman–Crippen LogP) is 1.78. The number of hydrogen-bond acceptors (Lipinski definition) is 2. The van der Waals surface area contributed by atoms with Gasteiger partial charge in [-0.2, -0.15) is 0 Å². The van der Waals surface area contributed by atoms with E-state index in [1.165, 1.54) is 11.1 Å². The fourth-order valence-electron chi connectivity index (χ4n) is 2.31. The van der Waals surface area contributed by atoms with Crippen molar-refractivity contribution in [3.63, 3.8) is 0 Å². The van der Waals surface area contributed by atoms with E-state index in [2.05, 4.69) is 11.4 Å². The number of hydrogen-bond donors (Lipinski definition) is 1. The molecule has 1 aliphatic carbocycles. The van der Waals surface area contributed by atoms with Crippen LogP contribution in [0.1, 0.15) is 23.7 Å². The van der Waals surface area contributed by atoms with Crippen LogP contribution in [0.2, 0.25) is 0 Å². The zero-order valence-electron chi connectivity index (χ0n) is 7.69. The zero-order chi connectivity index (χ0) is 9.54. The van der Waals surface area contributed by atoms with Gasteiger partial charge in [-0.05, 0) is 24.0 Å². The molecule has 0 radical (unpaired) electrons. The van der Waals surface area contributed by atoms with Crippen molar-refractivity contribution in [2.75, 3.05) is 0 Å². The molecule has 3 nitrogen and oxygen atoms in total. The number of rotatable bonds is 0. The molecule has 2 atom stereocenters. The topological polar surface area (TPSA) is 38.3 Å². The van der Waals surface area contributed by atoms with Gasteiger partial charge in [-0.3, -0.25) is 0 Å². The van der Waals surface area contributed by atoms with Gasteiger partial charge in [0, 0.05) is 0 Å². The van der Waals surface area contributed by atoms with Gasteiger partial charge in [-0.15, -0.1) is 0 Å². The third-order valence-corrected chi connectivity index (χ3v) is 2.99. The molecule has 1 aromatic rings. The molecule has 1 saturated heterocycles. The van der Waals surface area contributed by atoms with Crippen LogP contribution in [0, 0.1) is 0 Å². The number of fused-ring (bicyclic) bond motifs is 3. The van der Waals surface area contributed by atoms with Crippen LogP contribution in [0.3, 0.4) is 0 Å². The van der Waals surface area contributed by atoms with Gasteiger partial charge in [-0.25, -0.2) is 4.79 Å². The molecule has 3 rings (SSSR count). The van der Waals surface area contributed by atoms with Gasteiger partial charge < -0.3 is 10.1 Å². The minimum Gasteiger partial charge on any atom is -0.439 e. The van der Waals surface area contributed by atoms with Crippen molar-refractivity contribution < 1.29 is 9.53 Å². The second-order valence-electron chi connectivity index (χ2n) is 3.81. The Morgan fingerprint density at radius 1 is 1.36 bits per heavy atom. The number of aryl methyl sites for hydroxylation is 1. The smallest absolute Gasteiger partial charge is 0.408 e. The van der Waals surface area contributed by atoms with E-state index in [4.69, 9.17) is 4.74 Å². The van der Waals surface area contributed by atoms with Crippen molar-refractivity contribution in [1.29, 1.82) is 0 Å². The maximum atomic E-state index is 11.1. The second-order valence-corrected chi connectivity index (χ2v) is 3.81. The molecule has 1 aromatic carbocycles. The van der Waals surface area contributed by atoms with Gasteiger partial charge in [0.1, 0.15) is 6.10 Å². The SMILES string of the molecule is O=C1NC2CCc3ccccc3C2O1. The molecule has 3 heteroatoms. The second kappa shape index (κ2) is 2.74. The molecular formula is C11H11NO2. The van der Waals surface area contributed by atoms with Crippen molar-refractivity contribution in [2.24, 2.45) is 0 Å². The maximum Gasteiger partial charge on any atom is 0.408 e. The summed E-state index contributed by atoms with van der Waals surface area (Å²) in [6.45, 7) is 0. The molecule has 0 aromatic heterocycles. The fraction of sp³-hybridized carbons (Fsp3) is 0.364. The summed E-state index contributed by atoms with van der Waals surface area (Å²) in [6.07, 6.45) is 1.66. The molecule has 2 unspecified atom stereocenters. The first-order valence-corrected chi connectivity index (χ1v) is 4.89. The lowest BCUT2D eigenvalue weighted by Crippen LogP contribution is -2.31. The molecule has 0 bridgehead atoms. The summed E-state index contributed by atoms with van der Waals surface area (Å²) in [5, 5.41) is 2.84. The van der Waals surface area contributed by atoms with Crippen molar-refractivity contribution in [1.82, 2.24) is 5.32 Å². The van der Waals surface area contributed by atoms with Gasteiger partial charge in [0.15, 0.2) is 0 Å². The van der Waals surface area contributed by atoms with Crippen LogP contribution in [0.4, 0.5) is 4.79 Å². The molecule has 1 amide bonds. The minimum atomic E-state index is -0.281. The highest BCUT2D eigenvalue weighted by Crippen LogP contribution is 2.35. The molecule has 72 valence electrons. The molecule has 1 N–H and O–H groups in total. The lowest BCUT2D eigenvalue weighted by molar-refractivity contribution is 0.127. The van der Waals surface area contributed by atoms with Gasteiger partial charge >= 0.3 is 6.09 Å². The van der Waals surface area contributed by atoms with Crippen molar-refractivity contribution in [2.45, 2.75) is 25.0 Å². The largest absolute Gasteiger partial charge is 0.439 e. The Morgan fingerprint density at radius 3 is 3.14 bits per heavy atom. The van der Waals surface area contributed by atoms with Gasteiger partial charge in [0.2, 0.25) is 0 Å². The van der Waals surface area contributed by atoms with Crippen molar-refractivity contribution in [3.05, 3.63) is 35.4 Å². The summed E-state index contributed by atoms with van der Waals surface area (Å²) >= 11 is 0. The molecule has 1 fully saturated rings. The van der Waals surface area contributed by atoms with Crippen LogP contribution in [0.15, 0.2) is 24.3 Å². The third kappa shape index (κ3) is 1.02. The van der Waals surface area contributed by atoms with E-state index >= 15 is 0 Å². The van der Waals surface area contributed by atoms with Crippen molar-refractivity contribution >= 4 is 6.09 Å². The standard InChI is InChI=1S/C11H11NO2/c13-11-12-9-6-5-7-3-1-2-4-8(7)10(9)14-11/h1-4,9-10H,5-6H2,(H,12,13). The number of nitrogens with one attached hydrogen (secondary N) is 1. The summed E-state index contributed by atoms with van der Waals surface area (Å²) < 4.78 is 5.24. The highest BCUT2D eigenvalue weighted by atomic mass is 16.6. The van der Waals surface area contributed by atoms with E-state index < -0.39 is 0 Å². The summed E-state index contributed by atoms with van der Waals surface area (Å²) in [5.41, 5.74) is 2.48. The number of amides is 1. The Labute approximate surface area is 82.1 Å². The number of ether oxygens (including phenoxy) is 1. The Morgan fingerprint density at radius 2 is 2.21 bits per heavy atom. The number of alkyl carbamates (subject to hydrolysis) is 1. The maximum absolute atomic E-state index is 11.1. The van der Waals surface area contributed by atoms with E-state index in [1.54, 1.807) is 0 Å². The van der Waals surface area contributed by atoms with E-state index in [-0.39, 0.29) is 18.2 Å². The Balaban J connectivity index is 2.05. The fourth-order valence-corrected chi connectivity index (χ4v) is 2.31. The number of benzene rings is 1. The van der Waals surface area contributed by atoms with E-state index in [0.29, 0.717) is 0 Å². The number of carbonyl (C=O) groups excluding carboxylic acids is 1. The van der Waals surface area contributed by atoms with Crippen LogP contribution < -0.4 is 5.32 Å². The quantitative estimate of drug-likeness (QED) is 0.675. The molecule has 1 aliphatic heterocycles. The summed E-state index contributed by atoms with van der Waals surface area (Å²) in [5.74, 6) is 0. The average Bonchev–Trinajstić information content (AvgIpc) is 2.59. The van der Waals surface area contributed by atoms with Gasteiger partial charge in [0.05, 0.1) is 6.04 Å². The Bertz CT molecular complexity index is 389. The molecule has 2 aliphatic rings. The summed E-state index contributed by atoms with van der Waals surface area (Å²) in [4.78, 5) is 11.1. The van der Waals surface area contributed by atoms with Crippen LogP contribution in [0.25, 0.3) is 0 Å². The first-order chi connectivity index (χ1) is 6.84. The monoisotopic (exact) mass is 189 g/mol. The highest BCUT2D eigenvalue weighted by molar-refractivity contribution is 5.71. The van der Waals surface area contributed by atoms with Crippen LogP contribution >= 0.6 is 0 Å². The molecule has 0 saturated carbocycles. The third-order valence-electron chi connectivity index (χ3n) is 2.99. The summed E-state index contributed by atoms with van der Waals surface area (Å²) in [7, 11) is 0. The van der Waals surface area contributed by atoms with Gasteiger partial charge in [0.25, 0.3) is 0 Å². The Kier molecular flexibility index (Phi) is 1.54. The molecule has 0 spiro atoms. The van der Waals surface area contributed by atoms with E-state index in [1.807, 2.05) is 18.2 Å². The predicted molar refractivity (Wildman–Crippen MR) is 50.9 cm³/mol. The normalized spacial score (nSPS) is 28.7. The highest BCUT2D eigenvalue weighted by Gasteiger charge is 2.38. The lowest BCUT2D eigenvalue weighted by atomic mass is 9.86. The van der Waals surface area contributed by atoms with Gasteiger partial charge in [-0.1, -0.05) is 24.3 Å². The average molecular weight is 189 g/mol. The Hall–Kier alpha value is -1.51. The van der Waals surface area contributed by atoms with E-state index in [9.17, 15) is 4.79 Å². The molecular weight excluding hydrogens is 178 g/mol. The molecule has 1 heterocycles. The lowest BCUT2D eigenvalue weighted by Gasteiger charge is -2.25. The zero-order valence-corrected chi connectivity index (χ0v) is 7.69. The first-order valence-electron chi connectivity index (χ1n) is 4.89. The van der Waals surface area contributed by atoms with Crippen molar-refractivity contribution in [3.8, 4) is 0 Å². The molecule has 14 heavy (non-hydrogen) atoms. The van der Waals surface area contributed by atoms with Crippen LogP contribution in [-0.2, 0) is 11.2 Å². The van der Waals surface area contributed by atoms with Crippen LogP contribution in [0.5, 0.6) is 0 Å². The minimum absolute atomic E-state index is 0.0625. The first kappa shape index (κ1) is 7.85. The number of carbonyl (C=O) groups is 1. The van der Waals surface area contributed by atoms with Crippen LogP contribution in [-0.4, -0.2) is 12.1 Å².